The third kappa shape index (κ3) is 3.90. The van der Waals surface area contributed by atoms with Gasteiger partial charge in [0.05, 0.1) is 11.8 Å². The number of carbonyl (C=O) groups is 1. The van der Waals surface area contributed by atoms with E-state index in [1.54, 1.807) is 18.2 Å². The molecule has 0 radical (unpaired) electrons. The molecule has 0 unspecified atom stereocenters. The zero-order chi connectivity index (χ0) is 15.8. The third-order valence-corrected chi connectivity index (χ3v) is 4.52. The number of alkyl halides is 3. The van der Waals surface area contributed by atoms with Crippen LogP contribution in [0.3, 0.4) is 0 Å². The number of carboxylic acid groups (broad SMARTS) is 1. The van der Waals surface area contributed by atoms with Crippen LogP contribution in [0.1, 0.15) is 5.56 Å². The number of carboxylic acids is 1. The highest BCUT2D eigenvalue weighted by molar-refractivity contribution is 9.10. The second-order valence-electron chi connectivity index (χ2n) is 5.02. The fourth-order valence-electron chi connectivity index (χ4n) is 2.49. The lowest BCUT2D eigenvalue weighted by atomic mass is 9.96. The molecule has 1 aliphatic heterocycles. The minimum absolute atomic E-state index is 0.116. The largest absolute Gasteiger partial charge is 0.481 e. The van der Waals surface area contributed by atoms with Gasteiger partial charge in [-0.1, -0.05) is 33.6 Å². The van der Waals surface area contributed by atoms with Crippen molar-refractivity contribution in [3.05, 3.63) is 33.3 Å². The Kier molecular flexibility index (Phi) is 4.85. The molecule has 0 saturated carbocycles. The summed E-state index contributed by atoms with van der Waals surface area (Å²) in [5.74, 6) is -4.66. The third-order valence-electron chi connectivity index (χ3n) is 3.54. The molecule has 2 rings (SSSR count). The van der Waals surface area contributed by atoms with Crippen LogP contribution in [0.25, 0.3) is 0 Å². The number of nitrogens with zero attached hydrogens (tertiary/aromatic N) is 1. The van der Waals surface area contributed by atoms with Gasteiger partial charge in [-0.2, -0.15) is 13.2 Å². The maximum Gasteiger partial charge on any atom is 0.393 e. The Morgan fingerprint density at radius 3 is 2.57 bits per heavy atom. The number of halogens is 5. The SMILES string of the molecule is O=C(O)[C@@H]1CN(Cc2ccc(Cl)cc2Br)C[C@H]1C(F)(F)F. The second kappa shape index (κ2) is 6.14. The van der Waals surface area contributed by atoms with Gasteiger partial charge in [-0.3, -0.25) is 9.69 Å². The van der Waals surface area contributed by atoms with E-state index in [0.29, 0.717) is 9.50 Å². The van der Waals surface area contributed by atoms with Gasteiger partial charge in [0.15, 0.2) is 0 Å². The van der Waals surface area contributed by atoms with E-state index in [4.69, 9.17) is 16.7 Å². The fourth-order valence-corrected chi connectivity index (χ4v) is 3.30. The van der Waals surface area contributed by atoms with Gasteiger partial charge < -0.3 is 5.11 Å². The first kappa shape index (κ1) is 16.6. The summed E-state index contributed by atoms with van der Waals surface area (Å²) < 4.78 is 39.4. The van der Waals surface area contributed by atoms with Crippen LogP contribution in [0, 0.1) is 11.8 Å². The molecule has 21 heavy (non-hydrogen) atoms. The van der Waals surface area contributed by atoms with Crippen molar-refractivity contribution in [3.8, 4) is 0 Å². The molecule has 1 N–H and O–H groups in total. The monoisotopic (exact) mass is 385 g/mol. The lowest BCUT2D eigenvalue weighted by molar-refractivity contribution is -0.188. The normalized spacial score (nSPS) is 23.5. The van der Waals surface area contributed by atoms with E-state index in [1.165, 1.54) is 4.90 Å². The van der Waals surface area contributed by atoms with Crippen LogP contribution in [0.5, 0.6) is 0 Å². The molecular formula is C13H12BrClF3NO2. The summed E-state index contributed by atoms with van der Waals surface area (Å²) in [5.41, 5.74) is 0.770. The summed E-state index contributed by atoms with van der Waals surface area (Å²) in [5, 5.41) is 9.49. The minimum atomic E-state index is -4.50. The van der Waals surface area contributed by atoms with E-state index in [2.05, 4.69) is 15.9 Å². The summed E-state index contributed by atoms with van der Waals surface area (Å²) in [7, 11) is 0. The number of hydrogen-bond acceptors (Lipinski definition) is 2. The summed E-state index contributed by atoms with van der Waals surface area (Å²) in [6, 6.07) is 5.01. The maximum atomic E-state index is 12.9. The van der Waals surface area contributed by atoms with Crippen molar-refractivity contribution in [1.29, 1.82) is 0 Å². The highest BCUT2D eigenvalue weighted by atomic mass is 79.9. The highest BCUT2D eigenvalue weighted by Crippen LogP contribution is 2.38. The summed E-state index contributed by atoms with van der Waals surface area (Å²) >= 11 is 9.11. The van der Waals surface area contributed by atoms with E-state index >= 15 is 0 Å². The van der Waals surface area contributed by atoms with Crippen molar-refractivity contribution < 1.29 is 23.1 Å². The van der Waals surface area contributed by atoms with Gasteiger partial charge in [0.25, 0.3) is 0 Å². The predicted octanol–water partition coefficient (Wildman–Crippen LogP) is 3.80. The van der Waals surface area contributed by atoms with Crippen LogP contribution < -0.4 is 0 Å². The topological polar surface area (TPSA) is 40.5 Å². The van der Waals surface area contributed by atoms with Crippen LogP contribution in [0.4, 0.5) is 13.2 Å². The van der Waals surface area contributed by atoms with E-state index in [9.17, 15) is 18.0 Å². The Morgan fingerprint density at radius 2 is 2.10 bits per heavy atom. The number of rotatable bonds is 3. The number of hydrogen-bond donors (Lipinski definition) is 1. The molecule has 1 saturated heterocycles. The van der Waals surface area contributed by atoms with Crippen LogP contribution >= 0.6 is 27.5 Å². The molecular weight excluding hydrogens is 374 g/mol. The summed E-state index contributed by atoms with van der Waals surface area (Å²) in [4.78, 5) is 12.5. The molecule has 8 heteroatoms. The van der Waals surface area contributed by atoms with Crippen LogP contribution in [-0.2, 0) is 11.3 Å². The van der Waals surface area contributed by atoms with Crippen molar-refractivity contribution in [1.82, 2.24) is 4.90 Å². The Balaban J connectivity index is 2.14. The van der Waals surface area contributed by atoms with Crippen molar-refractivity contribution in [2.24, 2.45) is 11.8 Å². The zero-order valence-electron chi connectivity index (χ0n) is 10.7. The zero-order valence-corrected chi connectivity index (χ0v) is 13.0. The molecule has 0 amide bonds. The highest BCUT2D eigenvalue weighted by Gasteiger charge is 2.52. The molecule has 0 spiro atoms. The van der Waals surface area contributed by atoms with Crippen molar-refractivity contribution >= 4 is 33.5 Å². The molecule has 2 atom stereocenters. The molecule has 0 bridgehead atoms. The van der Waals surface area contributed by atoms with Gasteiger partial charge in [-0.15, -0.1) is 0 Å². The predicted molar refractivity (Wildman–Crippen MR) is 75.1 cm³/mol. The molecule has 0 aromatic heterocycles. The fraction of sp³-hybridized carbons (Fsp3) is 0.462. The molecule has 116 valence electrons. The first-order chi connectivity index (χ1) is 9.68. The van der Waals surface area contributed by atoms with E-state index < -0.39 is 24.0 Å². The second-order valence-corrected chi connectivity index (χ2v) is 6.31. The van der Waals surface area contributed by atoms with Crippen molar-refractivity contribution in [3.63, 3.8) is 0 Å². The van der Waals surface area contributed by atoms with Gasteiger partial charge in [0, 0.05) is 29.1 Å². The minimum Gasteiger partial charge on any atom is -0.481 e. The van der Waals surface area contributed by atoms with Gasteiger partial charge in [0.1, 0.15) is 0 Å². The van der Waals surface area contributed by atoms with E-state index in [1.807, 2.05) is 0 Å². The number of likely N-dealkylation sites (tertiary alicyclic amines) is 1. The standard InChI is InChI=1S/C13H12BrClF3NO2/c14-11-3-8(15)2-1-7(11)4-19-5-9(12(20)21)10(6-19)13(16,17)18/h1-3,9-10H,4-6H2,(H,20,21)/t9-,10-/m1/s1. The maximum absolute atomic E-state index is 12.9. The van der Waals surface area contributed by atoms with Crippen molar-refractivity contribution in [2.45, 2.75) is 12.7 Å². The Labute approximate surface area is 132 Å². The molecule has 3 nitrogen and oxygen atoms in total. The smallest absolute Gasteiger partial charge is 0.393 e. The summed E-state index contributed by atoms with van der Waals surface area (Å²) in [6.07, 6.45) is -4.50. The van der Waals surface area contributed by atoms with Gasteiger partial charge >= 0.3 is 12.1 Å². The molecule has 0 aliphatic carbocycles. The first-order valence-electron chi connectivity index (χ1n) is 6.14. The quantitative estimate of drug-likeness (QED) is 0.859. The van der Waals surface area contributed by atoms with Gasteiger partial charge in [-0.25, -0.2) is 0 Å². The van der Waals surface area contributed by atoms with Crippen LogP contribution in [0.2, 0.25) is 5.02 Å². The number of aliphatic carboxylic acids is 1. The Bertz CT molecular complexity index is 553. The van der Waals surface area contributed by atoms with Crippen molar-refractivity contribution in [2.75, 3.05) is 13.1 Å². The average molecular weight is 387 g/mol. The lowest BCUT2D eigenvalue weighted by Gasteiger charge is -2.18. The lowest BCUT2D eigenvalue weighted by Crippen LogP contribution is -2.33. The summed E-state index contributed by atoms with van der Waals surface area (Å²) in [6.45, 7) is -0.182. The number of benzene rings is 1. The average Bonchev–Trinajstić information content (AvgIpc) is 2.77. The molecule has 1 heterocycles. The first-order valence-corrected chi connectivity index (χ1v) is 7.31. The van der Waals surface area contributed by atoms with Crippen LogP contribution in [0.15, 0.2) is 22.7 Å². The molecule has 1 fully saturated rings. The van der Waals surface area contributed by atoms with Gasteiger partial charge in [0.2, 0.25) is 0 Å². The Hall–Kier alpha value is -0.790. The van der Waals surface area contributed by atoms with E-state index in [-0.39, 0.29) is 19.6 Å². The van der Waals surface area contributed by atoms with Crippen LogP contribution in [-0.4, -0.2) is 35.2 Å². The van der Waals surface area contributed by atoms with E-state index in [0.717, 1.165) is 5.56 Å². The molecule has 1 aromatic rings. The van der Waals surface area contributed by atoms with Gasteiger partial charge in [-0.05, 0) is 17.7 Å². The molecule has 1 aromatic carbocycles. The molecule has 1 aliphatic rings. The Morgan fingerprint density at radius 1 is 1.43 bits per heavy atom.